The van der Waals surface area contributed by atoms with Crippen molar-refractivity contribution in [3.05, 3.63) is 40.4 Å². The molecular formula is C10H11N3O2. The maximum absolute atomic E-state index is 11.6. The zero-order valence-corrected chi connectivity index (χ0v) is 8.05. The molecule has 0 radical (unpaired) electrons. The lowest BCUT2D eigenvalue weighted by atomic mass is 10.3. The normalized spacial score (nSPS) is 10.7. The van der Waals surface area contributed by atoms with Crippen LogP contribution in [0.1, 0.15) is 5.69 Å². The smallest absolute Gasteiger partial charge is 0.258 e. The predicted octanol–water partition coefficient (Wildman–Crippen LogP) is -0.0987. The van der Waals surface area contributed by atoms with E-state index in [1.807, 2.05) is 0 Å². The summed E-state index contributed by atoms with van der Waals surface area (Å²) >= 11 is 0. The van der Waals surface area contributed by atoms with Crippen molar-refractivity contribution in [2.75, 3.05) is 6.54 Å². The molecule has 78 valence electrons. The number of hydrogen-bond donors (Lipinski definition) is 2. The number of hydrogen-bond acceptors (Lipinski definition) is 4. The lowest BCUT2D eigenvalue weighted by molar-refractivity contribution is 0.476. The highest BCUT2D eigenvalue weighted by Gasteiger charge is 2.04. The Morgan fingerprint density at radius 1 is 1.53 bits per heavy atom. The highest BCUT2D eigenvalue weighted by Crippen LogP contribution is 2.13. The molecule has 0 unspecified atom stereocenters. The molecule has 0 atom stereocenters. The molecule has 0 fully saturated rings. The van der Waals surface area contributed by atoms with E-state index in [1.54, 1.807) is 12.3 Å². The first kappa shape index (κ1) is 9.67. The van der Waals surface area contributed by atoms with Crippen molar-refractivity contribution in [3.8, 4) is 5.75 Å². The van der Waals surface area contributed by atoms with Gasteiger partial charge < -0.3 is 10.8 Å². The van der Waals surface area contributed by atoms with Crippen LogP contribution >= 0.6 is 0 Å². The molecule has 0 aliphatic heterocycles. The van der Waals surface area contributed by atoms with Crippen LogP contribution in [0.2, 0.25) is 0 Å². The molecule has 15 heavy (non-hydrogen) atoms. The predicted molar refractivity (Wildman–Crippen MR) is 55.9 cm³/mol. The van der Waals surface area contributed by atoms with Gasteiger partial charge in [0.05, 0.1) is 0 Å². The largest absolute Gasteiger partial charge is 0.504 e. The van der Waals surface area contributed by atoms with Gasteiger partial charge in [-0.05, 0) is 18.7 Å². The van der Waals surface area contributed by atoms with Crippen molar-refractivity contribution in [2.24, 2.45) is 5.73 Å². The third-order valence-corrected chi connectivity index (χ3v) is 2.12. The molecule has 0 aliphatic carbocycles. The van der Waals surface area contributed by atoms with Crippen molar-refractivity contribution < 1.29 is 5.11 Å². The zero-order valence-electron chi connectivity index (χ0n) is 8.05. The quantitative estimate of drug-likeness (QED) is 0.717. The van der Waals surface area contributed by atoms with Crippen LogP contribution in [0.25, 0.3) is 5.65 Å². The van der Waals surface area contributed by atoms with Crippen LogP contribution in [-0.2, 0) is 6.42 Å². The number of aromatic nitrogens is 2. The van der Waals surface area contributed by atoms with Gasteiger partial charge in [0.2, 0.25) is 0 Å². The summed E-state index contributed by atoms with van der Waals surface area (Å²) in [7, 11) is 0. The fourth-order valence-corrected chi connectivity index (χ4v) is 1.43. The lowest BCUT2D eigenvalue weighted by Gasteiger charge is -2.03. The van der Waals surface area contributed by atoms with E-state index in [0.29, 0.717) is 18.7 Å². The molecule has 0 aliphatic rings. The van der Waals surface area contributed by atoms with E-state index >= 15 is 0 Å². The summed E-state index contributed by atoms with van der Waals surface area (Å²) < 4.78 is 1.30. The highest BCUT2D eigenvalue weighted by molar-refractivity contribution is 5.52. The molecule has 5 heteroatoms. The molecule has 0 bridgehead atoms. The molecule has 0 aromatic carbocycles. The standard InChI is InChI=1S/C10H11N3O2/c11-4-3-7-6-9(15)13-5-1-2-8(14)10(13)12-7/h1-2,5-6,14H,3-4,11H2. The van der Waals surface area contributed by atoms with Crippen LogP contribution in [0.5, 0.6) is 5.75 Å². The summed E-state index contributed by atoms with van der Waals surface area (Å²) in [5, 5.41) is 9.53. The Balaban J connectivity index is 2.74. The van der Waals surface area contributed by atoms with Gasteiger partial charge in [-0.1, -0.05) is 0 Å². The molecule has 0 saturated carbocycles. The second-order valence-electron chi connectivity index (χ2n) is 3.21. The van der Waals surface area contributed by atoms with E-state index in [-0.39, 0.29) is 17.0 Å². The topological polar surface area (TPSA) is 80.6 Å². The summed E-state index contributed by atoms with van der Waals surface area (Å²) in [5.74, 6) is -0.00604. The van der Waals surface area contributed by atoms with E-state index in [1.165, 1.54) is 16.5 Å². The number of aromatic hydroxyl groups is 1. The second kappa shape index (κ2) is 3.70. The fraction of sp³-hybridized carbons (Fsp3) is 0.200. The van der Waals surface area contributed by atoms with Crippen molar-refractivity contribution in [3.63, 3.8) is 0 Å². The lowest BCUT2D eigenvalue weighted by Crippen LogP contribution is -2.16. The Morgan fingerprint density at radius 3 is 3.07 bits per heavy atom. The first-order chi connectivity index (χ1) is 7.22. The van der Waals surface area contributed by atoms with Crippen LogP contribution in [0, 0.1) is 0 Å². The number of pyridine rings is 1. The van der Waals surface area contributed by atoms with Crippen LogP contribution in [0.15, 0.2) is 29.2 Å². The van der Waals surface area contributed by atoms with E-state index in [9.17, 15) is 9.90 Å². The van der Waals surface area contributed by atoms with Gasteiger partial charge in [0.15, 0.2) is 11.4 Å². The summed E-state index contributed by atoms with van der Waals surface area (Å²) in [5.41, 5.74) is 6.05. The van der Waals surface area contributed by atoms with Crippen molar-refractivity contribution >= 4 is 5.65 Å². The molecule has 5 nitrogen and oxygen atoms in total. The average Bonchev–Trinajstić information content (AvgIpc) is 2.20. The zero-order chi connectivity index (χ0) is 10.8. The Hall–Kier alpha value is -1.88. The average molecular weight is 205 g/mol. The minimum atomic E-state index is -0.209. The molecule has 0 amide bonds. The molecule has 2 rings (SSSR count). The van der Waals surface area contributed by atoms with Crippen LogP contribution in [0.3, 0.4) is 0 Å². The fourth-order valence-electron chi connectivity index (χ4n) is 1.43. The molecule has 0 spiro atoms. The molecule has 2 aromatic rings. The van der Waals surface area contributed by atoms with Gasteiger partial charge in [0.25, 0.3) is 5.56 Å². The van der Waals surface area contributed by atoms with E-state index in [2.05, 4.69) is 4.98 Å². The Bertz CT molecular complexity index is 548. The number of rotatable bonds is 2. The third kappa shape index (κ3) is 1.69. The maximum atomic E-state index is 11.6. The summed E-state index contributed by atoms with van der Waals surface area (Å²) in [6, 6.07) is 4.52. The second-order valence-corrected chi connectivity index (χ2v) is 3.21. The van der Waals surface area contributed by atoms with Gasteiger partial charge in [-0.2, -0.15) is 0 Å². The van der Waals surface area contributed by atoms with Gasteiger partial charge in [-0.15, -0.1) is 0 Å². The molecule has 2 heterocycles. The Kier molecular flexibility index (Phi) is 2.39. The Morgan fingerprint density at radius 2 is 2.33 bits per heavy atom. The minimum Gasteiger partial charge on any atom is -0.504 e. The highest BCUT2D eigenvalue weighted by atomic mass is 16.3. The Labute approximate surface area is 85.8 Å². The molecular weight excluding hydrogens is 194 g/mol. The third-order valence-electron chi connectivity index (χ3n) is 2.12. The molecule has 3 N–H and O–H groups in total. The van der Waals surface area contributed by atoms with E-state index < -0.39 is 0 Å². The van der Waals surface area contributed by atoms with Crippen LogP contribution in [0.4, 0.5) is 0 Å². The van der Waals surface area contributed by atoms with E-state index in [4.69, 9.17) is 5.73 Å². The van der Waals surface area contributed by atoms with Crippen LogP contribution < -0.4 is 11.3 Å². The van der Waals surface area contributed by atoms with Gasteiger partial charge in [0, 0.05) is 24.4 Å². The molecule has 0 saturated heterocycles. The van der Waals surface area contributed by atoms with Gasteiger partial charge in [0.1, 0.15) is 0 Å². The SMILES string of the molecule is NCCc1cc(=O)n2cccc(O)c2n1. The number of fused-ring (bicyclic) bond motifs is 1. The van der Waals surface area contributed by atoms with Crippen molar-refractivity contribution in [1.82, 2.24) is 9.38 Å². The maximum Gasteiger partial charge on any atom is 0.258 e. The number of nitrogens with two attached hydrogens (primary N) is 1. The van der Waals surface area contributed by atoms with E-state index in [0.717, 1.165) is 0 Å². The molecule has 2 aromatic heterocycles. The first-order valence-electron chi connectivity index (χ1n) is 4.62. The summed E-state index contributed by atoms with van der Waals surface area (Å²) in [6.45, 7) is 0.427. The summed E-state index contributed by atoms with van der Waals surface area (Å²) in [4.78, 5) is 15.8. The van der Waals surface area contributed by atoms with Crippen LogP contribution in [-0.4, -0.2) is 21.0 Å². The van der Waals surface area contributed by atoms with Gasteiger partial charge >= 0.3 is 0 Å². The van der Waals surface area contributed by atoms with Crippen molar-refractivity contribution in [1.29, 1.82) is 0 Å². The van der Waals surface area contributed by atoms with Crippen molar-refractivity contribution in [2.45, 2.75) is 6.42 Å². The van der Waals surface area contributed by atoms with Gasteiger partial charge in [-0.25, -0.2) is 4.98 Å². The van der Waals surface area contributed by atoms with Gasteiger partial charge in [-0.3, -0.25) is 9.20 Å². The summed E-state index contributed by atoms with van der Waals surface area (Å²) in [6.07, 6.45) is 2.09. The minimum absolute atomic E-state index is 0.00604. The monoisotopic (exact) mass is 205 g/mol. The first-order valence-corrected chi connectivity index (χ1v) is 4.62. The number of nitrogens with zero attached hydrogens (tertiary/aromatic N) is 2.